The zero-order valence-corrected chi connectivity index (χ0v) is 15.3. The summed E-state index contributed by atoms with van der Waals surface area (Å²) in [6.45, 7) is 3.88. The van der Waals surface area contributed by atoms with E-state index in [0.29, 0.717) is 11.5 Å². The number of thioether (sulfide) groups is 1. The predicted molar refractivity (Wildman–Crippen MR) is 99.2 cm³/mol. The molecule has 0 radical (unpaired) electrons. The molecular formula is C17H25NO3S2. The molecule has 0 aromatic heterocycles. The second-order valence-corrected chi connectivity index (χ2v) is 6.96. The molecule has 2 N–H and O–H groups in total. The van der Waals surface area contributed by atoms with Gasteiger partial charge in [0.25, 0.3) is 0 Å². The van der Waals surface area contributed by atoms with E-state index >= 15 is 0 Å². The van der Waals surface area contributed by atoms with E-state index in [1.807, 2.05) is 0 Å². The summed E-state index contributed by atoms with van der Waals surface area (Å²) in [5.41, 5.74) is 2.48. The minimum absolute atomic E-state index is 0.267. The van der Waals surface area contributed by atoms with Crippen LogP contribution in [0.1, 0.15) is 31.4 Å². The molecule has 0 heterocycles. The smallest absolute Gasteiger partial charge is 0.327 e. The van der Waals surface area contributed by atoms with Crippen molar-refractivity contribution in [3.63, 3.8) is 0 Å². The van der Waals surface area contributed by atoms with Crippen LogP contribution in [0.4, 0.5) is 0 Å². The molecule has 0 bridgehead atoms. The van der Waals surface area contributed by atoms with Crippen molar-refractivity contribution in [2.24, 2.45) is 5.92 Å². The van der Waals surface area contributed by atoms with Gasteiger partial charge in [0.2, 0.25) is 5.91 Å². The number of carboxylic acids is 1. The van der Waals surface area contributed by atoms with Gasteiger partial charge in [-0.05, 0) is 17.5 Å². The molecule has 0 unspecified atom stereocenters. The first kappa shape index (κ1) is 19.9. The number of benzene rings is 1. The normalized spacial score (nSPS) is 13.3. The highest BCUT2D eigenvalue weighted by Gasteiger charge is 2.22. The second kappa shape index (κ2) is 10.6. The van der Waals surface area contributed by atoms with Crippen molar-refractivity contribution in [3.05, 3.63) is 35.4 Å². The molecule has 0 aliphatic carbocycles. The summed E-state index contributed by atoms with van der Waals surface area (Å²) in [4.78, 5) is 23.0. The van der Waals surface area contributed by atoms with Crippen molar-refractivity contribution in [3.8, 4) is 0 Å². The van der Waals surface area contributed by atoms with Gasteiger partial charge in [-0.1, -0.05) is 44.5 Å². The fourth-order valence-electron chi connectivity index (χ4n) is 1.96. The Morgan fingerprint density at radius 2 is 1.87 bits per heavy atom. The van der Waals surface area contributed by atoms with Crippen LogP contribution in [-0.2, 0) is 21.8 Å². The third-order valence-electron chi connectivity index (χ3n) is 3.45. The Bertz CT molecular complexity index is 505. The van der Waals surface area contributed by atoms with Crippen molar-refractivity contribution in [1.82, 2.24) is 5.32 Å². The minimum atomic E-state index is -1.00. The number of amides is 1. The van der Waals surface area contributed by atoms with Gasteiger partial charge in [0.1, 0.15) is 6.04 Å². The van der Waals surface area contributed by atoms with E-state index in [1.54, 1.807) is 6.92 Å². The quantitative estimate of drug-likeness (QED) is 0.565. The first-order chi connectivity index (χ1) is 11.0. The van der Waals surface area contributed by atoms with Crippen LogP contribution in [0.3, 0.4) is 0 Å². The molecule has 0 aliphatic heterocycles. The highest BCUT2D eigenvalue weighted by Crippen LogP contribution is 2.15. The summed E-state index contributed by atoms with van der Waals surface area (Å²) in [6.07, 6.45) is 2.20. The zero-order valence-electron chi connectivity index (χ0n) is 13.6. The Labute approximate surface area is 147 Å². The van der Waals surface area contributed by atoms with E-state index in [2.05, 4.69) is 49.1 Å². The summed E-state index contributed by atoms with van der Waals surface area (Å²) in [6, 6.07) is 7.52. The van der Waals surface area contributed by atoms with Crippen LogP contribution in [0.2, 0.25) is 0 Å². The van der Waals surface area contributed by atoms with Gasteiger partial charge in [-0.3, -0.25) is 4.79 Å². The maximum atomic E-state index is 11.8. The number of rotatable bonds is 10. The molecular weight excluding hydrogens is 330 g/mol. The van der Waals surface area contributed by atoms with Crippen LogP contribution >= 0.6 is 24.4 Å². The maximum Gasteiger partial charge on any atom is 0.327 e. The minimum Gasteiger partial charge on any atom is -0.480 e. The molecule has 2 atom stereocenters. The molecule has 0 saturated carbocycles. The number of aryl methyl sites for hydroxylation is 1. The molecule has 0 spiro atoms. The molecule has 128 valence electrons. The first-order valence-corrected chi connectivity index (χ1v) is 9.56. The standard InChI is InChI=1S/C17H25NO3S2/c1-3-4-13-5-7-14(8-6-13)10-23-11-15(17(20)21)18-16(19)12(2)9-22/h5-8,12,15,22H,3-4,9-11H2,1-2H3,(H,18,19)(H,20,21)/t12-,15+/m1/s1. The lowest BCUT2D eigenvalue weighted by molar-refractivity contribution is -0.141. The molecule has 1 aromatic rings. The Balaban J connectivity index is 2.46. The van der Waals surface area contributed by atoms with E-state index in [-0.39, 0.29) is 11.8 Å². The molecule has 4 nitrogen and oxygen atoms in total. The maximum absolute atomic E-state index is 11.8. The molecule has 0 fully saturated rings. The fourth-order valence-corrected chi connectivity index (χ4v) is 3.13. The van der Waals surface area contributed by atoms with Crippen LogP contribution < -0.4 is 5.32 Å². The summed E-state index contributed by atoms with van der Waals surface area (Å²) >= 11 is 5.57. The van der Waals surface area contributed by atoms with Crippen LogP contribution in [0.5, 0.6) is 0 Å². The summed E-state index contributed by atoms with van der Waals surface area (Å²) < 4.78 is 0. The number of nitrogens with one attached hydrogen (secondary N) is 1. The molecule has 23 heavy (non-hydrogen) atoms. The number of hydrogen-bond donors (Lipinski definition) is 3. The van der Waals surface area contributed by atoms with Gasteiger partial charge in [0, 0.05) is 23.2 Å². The van der Waals surface area contributed by atoms with Crippen molar-refractivity contribution >= 4 is 36.3 Å². The fraction of sp³-hybridized carbons (Fsp3) is 0.529. The lowest BCUT2D eigenvalue weighted by atomic mass is 10.1. The monoisotopic (exact) mass is 355 g/mol. The van der Waals surface area contributed by atoms with Crippen LogP contribution in [0, 0.1) is 5.92 Å². The number of aliphatic carboxylic acids is 1. The SMILES string of the molecule is CCCc1ccc(CSC[C@H](NC(=O)[C@H](C)CS)C(=O)O)cc1. The summed E-state index contributed by atoms with van der Waals surface area (Å²) in [5.74, 6) is -0.0931. The van der Waals surface area contributed by atoms with E-state index in [9.17, 15) is 14.7 Å². The van der Waals surface area contributed by atoms with Gasteiger partial charge in [0.05, 0.1) is 0 Å². The third-order valence-corrected chi connectivity index (χ3v) is 5.11. The molecule has 1 amide bonds. The topological polar surface area (TPSA) is 66.4 Å². The highest BCUT2D eigenvalue weighted by molar-refractivity contribution is 7.98. The summed E-state index contributed by atoms with van der Waals surface area (Å²) in [5, 5.41) is 11.8. The largest absolute Gasteiger partial charge is 0.480 e. The van der Waals surface area contributed by atoms with Crippen LogP contribution in [0.15, 0.2) is 24.3 Å². The third kappa shape index (κ3) is 7.31. The highest BCUT2D eigenvalue weighted by atomic mass is 32.2. The van der Waals surface area contributed by atoms with Crippen LogP contribution in [-0.4, -0.2) is 34.5 Å². The van der Waals surface area contributed by atoms with E-state index < -0.39 is 12.0 Å². The molecule has 0 aliphatic rings. The van der Waals surface area contributed by atoms with E-state index in [4.69, 9.17) is 0 Å². The van der Waals surface area contributed by atoms with Gasteiger partial charge in [-0.2, -0.15) is 24.4 Å². The van der Waals surface area contributed by atoms with Crippen molar-refractivity contribution in [1.29, 1.82) is 0 Å². The molecule has 1 rings (SSSR count). The van der Waals surface area contributed by atoms with Crippen molar-refractivity contribution in [2.45, 2.75) is 38.5 Å². The zero-order chi connectivity index (χ0) is 17.2. The average Bonchev–Trinajstić information content (AvgIpc) is 2.54. The Hall–Kier alpha value is -1.14. The van der Waals surface area contributed by atoms with E-state index in [0.717, 1.165) is 24.2 Å². The lowest BCUT2D eigenvalue weighted by Gasteiger charge is -2.16. The first-order valence-electron chi connectivity index (χ1n) is 7.77. The lowest BCUT2D eigenvalue weighted by Crippen LogP contribution is -2.45. The molecule has 1 aromatic carbocycles. The van der Waals surface area contributed by atoms with Gasteiger partial charge >= 0.3 is 5.97 Å². The number of carbonyl (C=O) groups excluding carboxylic acids is 1. The van der Waals surface area contributed by atoms with Gasteiger partial charge in [-0.25, -0.2) is 4.79 Å². The Morgan fingerprint density at radius 1 is 1.26 bits per heavy atom. The number of carboxylic acid groups (broad SMARTS) is 1. The number of thiol groups is 1. The Kier molecular flexibility index (Phi) is 9.17. The average molecular weight is 356 g/mol. The number of hydrogen-bond acceptors (Lipinski definition) is 4. The van der Waals surface area contributed by atoms with Gasteiger partial charge in [-0.15, -0.1) is 0 Å². The Morgan fingerprint density at radius 3 is 2.39 bits per heavy atom. The predicted octanol–water partition coefficient (Wildman–Crippen LogP) is 3.01. The van der Waals surface area contributed by atoms with Gasteiger partial charge < -0.3 is 10.4 Å². The van der Waals surface area contributed by atoms with Gasteiger partial charge in [0.15, 0.2) is 0 Å². The number of carbonyl (C=O) groups is 2. The van der Waals surface area contributed by atoms with Crippen molar-refractivity contribution in [2.75, 3.05) is 11.5 Å². The summed E-state index contributed by atoms with van der Waals surface area (Å²) in [7, 11) is 0. The van der Waals surface area contributed by atoms with Crippen molar-refractivity contribution < 1.29 is 14.7 Å². The molecule has 6 heteroatoms. The van der Waals surface area contributed by atoms with Crippen LogP contribution in [0.25, 0.3) is 0 Å². The molecule has 0 saturated heterocycles. The second-order valence-electron chi connectivity index (χ2n) is 5.56. The van der Waals surface area contributed by atoms with E-state index in [1.165, 1.54) is 17.3 Å².